The second-order valence-electron chi connectivity index (χ2n) is 7.64. The van der Waals surface area contributed by atoms with E-state index in [2.05, 4.69) is 5.32 Å². The molecule has 2 aromatic rings. The third-order valence-corrected chi connectivity index (χ3v) is 5.63. The molecule has 0 aliphatic heterocycles. The number of carbonyl (C=O) groups excluding carboxylic acids is 3. The molecule has 0 radical (unpaired) electrons. The molecule has 1 saturated carbocycles. The summed E-state index contributed by atoms with van der Waals surface area (Å²) in [5, 5.41) is 2.39. The van der Waals surface area contributed by atoms with Crippen molar-refractivity contribution in [1.29, 1.82) is 0 Å². The molecule has 1 aliphatic carbocycles. The maximum absolute atomic E-state index is 15.0. The van der Waals surface area contributed by atoms with Crippen LogP contribution in [-0.2, 0) is 19.1 Å². The van der Waals surface area contributed by atoms with Crippen molar-refractivity contribution >= 4 is 40.8 Å². The number of nitrogens with one attached hydrogen (secondary N) is 1. The highest BCUT2D eigenvalue weighted by Gasteiger charge is 2.33. The zero-order valence-corrected chi connectivity index (χ0v) is 19.9. The van der Waals surface area contributed by atoms with Gasteiger partial charge in [-0.15, -0.1) is 0 Å². The summed E-state index contributed by atoms with van der Waals surface area (Å²) in [6.07, 6.45) is 2.93. The van der Waals surface area contributed by atoms with Crippen LogP contribution in [0.3, 0.4) is 0 Å². The van der Waals surface area contributed by atoms with Crippen LogP contribution in [0.2, 0.25) is 5.02 Å². The normalized spacial score (nSPS) is 12.5. The Hall–Kier alpha value is -3.39. The van der Waals surface area contributed by atoms with Crippen LogP contribution in [0.1, 0.15) is 42.6 Å². The van der Waals surface area contributed by atoms with Gasteiger partial charge in [-0.25, -0.2) is 14.0 Å². The monoisotopic (exact) mass is 488 g/mol. The molecule has 1 fully saturated rings. The number of anilines is 2. The van der Waals surface area contributed by atoms with E-state index in [1.54, 1.807) is 56.0 Å². The lowest BCUT2D eigenvalue weighted by Crippen LogP contribution is -2.26. The van der Waals surface area contributed by atoms with Gasteiger partial charge in [0.1, 0.15) is 0 Å². The van der Waals surface area contributed by atoms with Gasteiger partial charge in [-0.05, 0) is 57.4 Å². The van der Waals surface area contributed by atoms with E-state index in [1.807, 2.05) is 0 Å². The molecule has 0 bridgehead atoms. The Morgan fingerprint density at radius 3 is 2.24 bits per heavy atom. The van der Waals surface area contributed by atoms with Crippen LogP contribution in [0.5, 0.6) is 0 Å². The number of hydrogen-bond donors (Lipinski definition) is 1. The van der Waals surface area contributed by atoms with Gasteiger partial charge in [-0.1, -0.05) is 29.8 Å². The van der Waals surface area contributed by atoms with Gasteiger partial charge in [-0.3, -0.25) is 4.79 Å². The summed E-state index contributed by atoms with van der Waals surface area (Å²) in [5.74, 6) is -2.93. The third kappa shape index (κ3) is 5.75. The van der Waals surface area contributed by atoms with Crippen molar-refractivity contribution in [2.24, 2.45) is 0 Å². The van der Waals surface area contributed by atoms with Gasteiger partial charge >= 0.3 is 11.9 Å². The van der Waals surface area contributed by atoms with E-state index in [0.29, 0.717) is 16.8 Å². The molecule has 9 heteroatoms. The Labute approximate surface area is 202 Å². The van der Waals surface area contributed by atoms with E-state index in [0.717, 1.165) is 12.8 Å². The maximum Gasteiger partial charge on any atom is 0.347 e. The minimum Gasteiger partial charge on any atom is -0.462 e. The Bertz CT molecular complexity index is 1100. The number of halogens is 2. The van der Waals surface area contributed by atoms with E-state index in [4.69, 9.17) is 21.1 Å². The fraction of sp³-hybridized carbons (Fsp3) is 0.320. The summed E-state index contributed by atoms with van der Waals surface area (Å²) in [4.78, 5) is 39.3. The first kappa shape index (κ1) is 25.2. The smallest absolute Gasteiger partial charge is 0.347 e. The molecule has 180 valence electrons. The molecule has 0 unspecified atom stereocenters. The topological polar surface area (TPSA) is 84.9 Å². The number of hydrogen-bond acceptors (Lipinski definition) is 6. The zero-order valence-electron chi connectivity index (χ0n) is 19.2. The Morgan fingerprint density at radius 2 is 1.71 bits per heavy atom. The van der Waals surface area contributed by atoms with Crippen LogP contribution in [0.15, 0.2) is 48.2 Å². The molecule has 0 heterocycles. The molecule has 0 saturated heterocycles. The summed E-state index contributed by atoms with van der Waals surface area (Å²) in [7, 11) is 0. The number of esters is 2. The molecule has 34 heavy (non-hydrogen) atoms. The highest BCUT2D eigenvalue weighted by atomic mass is 35.5. The molecule has 1 aliphatic rings. The van der Waals surface area contributed by atoms with Crippen LogP contribution < -0.4 is 10.2 Å². The van der Waals surface area contributed by atoms with E-state index < -0.39 is 23.7 Å². The Kier molecular flexibility index (Phi) is 8.28. The first-order chi connectivity index (χ1) is 16.3. The average Bonchev–Trinajstić information content (AvgIpc) is 3.66. The van der Waals surface area contributed by atoms with E-state index in [9.17, 15) is 18.8 Å². The van der Waals surface area contributed by atoms with E-state index in [-0.39, 0.29) is 35.5 Å². The largest absolute Gasteiger partial charge is 0.462 e. The Morgan fingerprint density at radius 1 is 1.12 bits per heavy atom. The third-order valence-electron chi connectivity index (χ3n) is 5.19. The number of benzene rings is 2. The summed E-state index contributed by atoms with van der Waals surface area (Å²) in [6, 6.07) is 9.78. The number of rotatable bonds is 9. The Balaban J connectivity index is 2.05. The molecular formula is C25H26ClFN2O5. The number of nitrogens with zero attached hydrogens (tertiary/aromatic N) is 1. The lowest BCUT2D eigenvalue weighted by molar-refractivity contribution is -0.146. The predicted octanol–water partition coefficient (Wildman–Crippen LogP) is 5.02. The molecule has 2 aromatic carbocycles. The van der Waals surface area contributed by atoms with Crippen LogP contribution >= 0.6 is 11.6 Å². The molecule has 0 spiro atoms. The average molecular weight is 489 g/mol. The van der Waals surface area contributed by atoms with E-state index >= 15 is 0 Å². The summed E-state index contributed by atoms with van der Waals surface area (Å²) >= 11 is 6.29. The molecular weight excluding hydrogens is 463 g/mol. The molecule has 1 N–H and O–H groups in total. The molecule has 0 aromatic heterocycles. The SMILES string of the molecule is CCOC(=O)C(=CN(c1cc(NC(=O)c2ccccc2)c(F)c(Cl)c1C)C1CC1)C(=O)OCC. The highest BCUT2D eigenvalue weighted by molar-refractivity contribution is 6.32. The molecule has 1 amide bonds. The van der Waals surface area contributed by atoms with Gasteiger partial charge in [0.2, 0.25) is 0 Å². The molecule has 0 atom stereocenters. The van der Waals surface area contributed by atoms with Gasteiger partial charge in [0.25, 0.3) is 5.91 Å². The number of amides is 1. The van der Waals surface area contributed by atoms with E-state index in [1.165, 1.54) is 12.3 Å². The number of carbonyl (C=O) groups is 3. The van der Waals surface area contributed by atoms with Crippen molar-refractivity contribution in [3.05, 3.63) is 70.1 Å². The lowest BCUT2D eigenvalue weighted by atomic mass is 10.1. The van der Waals surface area contributed by atoms with Crippen LogP contribution in [0, 0.1) is 12.7 Å². The first-order valence-electron chi connectivity index (χ1n) is 11.0. The number of ether oxygens (including phenoxy) is 2. The summed E-state index contributed by atoms with van der Waals surface area (Å²) in [6.45, 7) is 5.04. The van der Waals surface area contributed by atoms with Crippen molar-refractivity contribution < 1.29 is 28.2 Å². The quantitative estimate of drug-likeness (QED) is 0.231. The van der Waals surface area contributed by atoms with Gasteiger partial charge in [0.05, 0.1) is 23.9 Å². The second-order valence-corrected chi connectivity index (χ2v) is 8.02. The zero-order chi connectivity index (χ0) is 24.8. The van der Waals surface area contributed by atoms with Crippen LogP contribution in [-0.4, -0.2) is 37.1 Å². The standard InChI is InChI=1S/C25H26ClFN2O5/c1-4-33-24(31)18(25(32)34-5-2)14-29(17-11-12-17)20-13-19(22(27)21(26)15(20)3)28-23(30)16-9-7-6-8-10-16/h6-10,13-14,17H,4-5,11-12H2,1-3H3,(H,28,30). The minimum absolute atomic E-state index is 0.0447. The van der Waals surface area contributed by atoms with Crippen molar-refractivity contribution in [3.8, 4) is 0 Å². The summed E-state index contributed by atoms with van der Waals surface area (Å²) < 4.78 is 25.0. The van der Waals surface area contributed by atoms with Crippen LogP contribution in [0.4, 0.5) is 15.8 Å². The van der Waals surface area contributed by atoms with Crippen molar-refractivity contribution in [1.82, 2.24) is 0 Å². The van der Waals surface area contributed by atoms with Crippen LogP contribution in [0.25, 0.3) is 0 Å². The van der Waals surface area contributed by atoms with Crippen molar-refractivity contribution in [2.45, 2.75) is 39.7 Å². The van der Waals surface area contributed by atoms with Crippen molar-refractivity contribution in [2.75, 3.05) is 23.4 Å². The van der Waals surface area contributed by atoms with Crippen molar-refractivity contribution in [3.63, 3.8) is 0 Å². The summed E-state index contributed by atoms with van der Waals surface area (Å²) in [5.41, 5.74) is 0.791. The highest BCUT2D eigenvalue weighted by Crippen LogP contribution is 2.40. The lowest BCUT2D eigenvalue weighted by Gasteiger charge is -2.25. The fourth-order valence-electron chi connectivity index (χ4n) is 3.32. The van der Waals surface area contributed by atoms with Gasteiger partial charge in [-0.2, -0.15) is 0 Å². The van der Waals surface area contributed by atoms with Gasteiger partial charge < -0.3 is 19.7 Å². The van der Waals surface area contributed by atoms with Gasteiger partial charge in [0.15, 0.2) is 11.4 Å². The minimum atomic E-state index is -0.824. The predicted molar refractivity (Wildman–Crippen MR) is 127 cm³/mol. The molecule has 3 rings (SSSR count). The molecule has 7 nitrogen and oxygen atoms in total. The first-order valence-corrected chi connectivity index (χ1v) is 11.4. The second kappa shape index (κ2) is 11.2. The van der Waals surface area contributed by atoms with Gasteiger partial charge in [0, 0.05) is 23.5 Å². The fourth-order valence-corrected chi connectivity index (χ4v) is 3.52. The maximum atomic E-state index is 15.0.